The molecule has 0 radical (unpaired) electrons. The Morgan fingerprint density at radius 1 is 1.48 bits per heavy atom. The highest BCUT2D eigenvalue weighted by molar-refractivity contribution is 7.21. The number of hydrogen-bond acceptors (Lipinski definition) is 4. The molecule has 1 fully saturated rings. The molecule has 1 aliphatic heterocycles. The van der Waals surface area contributed by atoms with Gasteiger partial charge in [0.05, 0.1) is 17.4 Å². The van der Waals surface area contributed by atoms with Gasteiger partial charge in [-0.15, -0.1) is 11.3 Å². The van der Waals surface area contributed by atoms with Gasteiger partial charge in [-0.1, -0.05) is 6.07 Å². The molecular formula is C16H17FN2O3S. The van der Waals surface area contributed by atoms with Gasteiger partial charge >= 0.3 is 0 Å². The smallest absolute Gasteiger partial charge is 0.264 e. The lowest BCUT2D eigenvalue weighted by Crippen LogP contribution is -2.31. The van der Waals surface area contributed by atoms with E-state index in [4.69, 9.17) is 10.5 Å². The van der Waals surface area contributed by atoms with Crippen LogP contribution in [0.15, 0.2) is 18.2 Å². The summed E-state index contributed by atoms with van der Waals surface area (Å²) in [6.45, 7) is 0.960. The number of carbonyl (C=O) groups excluding carboxylic acids is 2. The predicted octanol–water partition coefficient (Wildman–Crippen LogP) is 2.13. The van der Waals surface area contributed by atoms with Gasteiger partial charge in [-0.3, -0.25) is 9.59 Å². The lowest BCUT2D eigenvalue weighted by molar-refractivity contribution is -0.121. The van der Waals surface area contributed by atoms with Crippen molar-refractivity contribution in [3.05, 3.63) is 34.5 Å². The number of amides is 2. The molecule has 2 amide bonds. The molecule has 0 spiro atoms. The molecule has 1 saturated heterocycles. The van der Waals surface area contributed by atoms with Crippen molar-refractivity contribution in [2.75, 3.05) is 20.2 Å². The summed E-state index contributed by atoms with van der Waals surface area (Å²) < 4.78 is 20.0. The number of fused-ring (bicyclic) bond motifs is 1. The third-order valence-electron chi connectivity index (χ3n) is 4.12. The van der Waals surface area contributed by atoms with Crippen molar-refractivity contribution in [1.29, 1.82) is 0 Å². The van der Waals surface area contributed by atoms with E-state index >= 15 is 0 Å². The summed E-state index contributed by atoms with van der Waals surface area (Å²) in [6.07, 6.45) is 0.569. The predicted molar refractivity (Wildman–Crippen MR) is 85.7 cm³/mol. The van der Waals surface area contributed by atoms with Crippen molar-refractivity contribution in [3.8, 4) is 0 Å². The number of nitrogens with two attached hydrogens (primary N) is 1. The number of thiophene rings is 1. The van der Waals surface area contributed by atoms with Crippen LogP contribution < -0.4 is 5.73 Å². The van der Waals surface area contributed by atoms with Crippen molar-refractivity contribution >= 4 is 33.2 Å². The van der Waals surface area contributed by atoms with Gasteiger partial charge < -0.3 is 15.4 Å². The van der Waals surface area contributed by atoms with Gasteiger partial charge in [0.25, 0.3) is 5.91 Å². The fraction of sp³-hybridized carbons (Fsp3) is 0.375. The molecule has 2 N–H and O–H groups in total. The number of hydrogen-bond donors (Lipinski definition) is 1. The lowest BCUT2D eigenvalue weighted by Gasteiger charge is -2.16. The molecular weight excluding hydrogens is 319 g/mol. The van der Waals surface area contributed by atoms with E-state index in [1.165, 1.54) is 24.5 Å². The first-order chi connectivity index (χ1) is 11.0. The van der Waals surface area contributed by atoms with E-state index in [1.54, 1.807) is 17.0 Å². The highest BCUT2D eigenvalue weighted by atomic mass is 32.1. The average molecular weight is 336 g/mol. The van der Waals surface area contributed by atoms with Gasteiger partial charge in [0, 0.05) is 35.8 Å². The van der Waals surface area contributed by atoms with E-state index in [0.717, 1.165) is 0 Å². The fourth-order valence-electron chi connectivity index (χ4n) is 2.94. The van der Waals surface area contributed by atoms with Crippen molar-refractivity contribution < 1.29 is 18.7 Å². The van der Waals surface area contributed by atoms with Gasteiger partial charge in [-0.2, -0.15) is 0 Å². The third-order valence-corrected chi connectivity index (χ3v) is 5.31. The summed E-state index contributed by atoms with van der Waals surface area (Å²) in [4.78, 5) is 26.2. The summed E-state index contributed by atoms with van der Waals surface area (Å²) in [5.41, 5.74) is 5.88. The van der Waals surface area contributed by atoms with Crippen LogP contribution in [-0.2, 0) is 16.1 Å². The largest absolute Gasteiger partial charge is 0.380 e. The molecule has 1 aromatic carbocycles. The number of benzene rings is 1. The maximum atomic E-state index is 14.2. The minimum atomic E-state index is -0.389. The second-order valence-electron chi connectivity index (χ2n) is 5.59. The van der Waals surface area contributed by atoms with Crippen molar-refractivity contribution in [1.82, 2.24) is 4.90 Å². The monoisotopic (exact) mass is 336 g/mol. The second kappa shape index (κ2) is 6.25. The molecule has 1 aromatic heterocycles. The molecule has 0 saturated carbocycles. The first-order valence-electron chi connectivity index (χ1n) is 7.30. The van der Waals surface area contributed by atoms with E-state index in [2.05, 4.69) is 0 Å². The van der Waals surface area contributed by atoms with Gasteiger partial charge in [0.15, 0.2) is 0 Å². The normalized spacial score (nSPS) is 17.8. The molecule has 7 heteroatoms. The van der Waals surface area contributed by atoms with Crippen LogP contribution in [-0.4, -0.2) is 36.9 Å². The minimum absolute atomic E-state index is 0.162. The number of methoxy groups -OCH3 is 1. The number of primary amides is 1. The first kappa shape index (κ1) is 15.9. The Kier molecular flexibility index (Phi) is 4.32. The highest BCUT2D eigenvalue weighted by Crippen LogP contribution is 2.35. The van der Waals surface area contributed by atoms with Gasteiger partial charge in [-0.05, 0) is 18.6 Å². The van der Waals surface area contributed by atoms with Crippen molar-refractivity contribution in [3.63, 3.8) is 0 Å². The average Bonchev–Trinajstić information content (AvgIpc) is 3.13. The zero-order chi connectivity index (χ0) is 16.6. The molecule has 23 heavy (non-hydrogen) atoms. The molecule has 2 aromatic rings. The summed E-state index contributed by atoms with van der Waals surface area (Å²) in [7, 11) is 1.51. The summed E-state index contributed by atoms with van der Waals surface area (Å²) in [5, 5.41) is 0.438. The Morgan fingerprint density at radius 2 is 2.26 bits per heavy atom. The SMILES string of the molecule is COCc1c(C(=O)N2CCC(C(N)=O)C2)sc2cccc(F)c12. The number of ether oxygens (including phenoxy) is 1. The van der Waals surface area contributed by atoms with E-state index in [0.29, 0.717) is 40.0 Å². The van der Waals surface area contributed by atoms with E-state index in [9.17, 15) is 14.0 Å². The summed E-state index contributed by atoms with van der Waals surface area (Å²) >= 11 is 1.26. The Balaban J connectivity index is 1.99. The fourth-order valence-corrected chi connectivity index (χ4v) is 4.13. The minimum Gasteiger partial charge on any atom is -0.380 e. The van der Waals surface area contributed by atoms with Gasteiger partial charge in [0.1, 0.15) is 5.82 Å². The standard InChI is InChI=1S/C16H17FN2O3S/c1-22-8-10-13-11(17)3-2-4-12(13)23-14(10)16(21)19-6-5-9(7-19)15(18)20/h2-4,9H,5-8H2,1H3,(H2,18,20). The zero-order valence-electron chi connectivity index (χ0n) is 12.7. The highest BCUT2D eigenvalue weighted by Gasteiger charge is 2.32. The van der Waals surface area contributed by atoms with Crippen molar-refractivity contribution in [2.24, 2.45) is 11.7 Å². The Labute approximate surface area is 136 Å². The van der Waals surface area contributed by atoms with Crippen LogP contribution in [0.5, 0.6) is 0 Å². The molecule has 0 aliphatic carbocycles. The summed E-state index contributed by atoms with van der Waals surface area (Å²) in [5.74, 6) is -1.25. The molecule has 1 unspecified atom stereocenters. The molecule has 1 aliphatic rings. The van der Waals surface area contributed by atoms with Crippen LogP contribution in [0.1, 0.15) is 21.7 Å². The van der Waals surface area contributed by atoms with Crippen LogP contribution in [0.25, 0.3) is 10.1 Å². The van der Waals surface area contributed by atoms with E-state index in [1.807, 2.05) is 0 Å². The van der Waals surface area contributed by atoms with Crippen LogP contribution in [0.3, 0.4) is 0 Å². The maximum absolute atomic E-state index is 14.2. The maximum Gasteiger partial charge on any atom is 0.264 e. The molecule has 5 nitrogen and oxygen atoms in total. The van der Waals surface area contributed by atoms with Crippen molar-refractivity contribution in [2.45, 2.75) is 13.0 Å². The van der Waals surface area contributed by atoms with Crippen LogP contribution >= 0.6 is 11.3 Å². The topological polar surface area (TPSA) is 72.6 Å². The molecule has 3 rings (SSSR count). The van der Waals surface area contributed by atoms with E-state index in [-0.39, 0.29) is 30.2 Å². The number of nitrogens with zero attached hydrogens (tertiary/aromatic N) is 1. The van der Waals surface area contributed by atoms with Gasteiger partial charge in [0.2, 0.25) is 5.91 Å². The quantitative estimate of drug-likeness (QED) is 0.930. The Hall–Kier alpha value is -1.99. The lowest BCUT2D eigenvalue weighted by atomic mass is 10.1. The molecule has 0 bridgehead atoms. The van der Waals surface area contributed by atoms with E-state index < -0.39 is 0 Å². The molecule has 1 atom stereocenters. The number of rotatable bonds is 4. The number of carbonyl (C=O) groups is 2. The first-order valence-corrected chi connectivity index (χ1v) is 8.12. The Morgan fingerprint density at radius 3 is 2.91 bits per heavy atom. The van der Waals surface area contributed by atoms with Crippen LogP contribution in [0.2, 0.25) is 0 Å². The third kappa shape index (κ3) is 2.82. The molecule has 122 valence electrons. The van der Waals surface area contributed by atoms with Gasteiger partial charge in [-0.25, -0.2) is 4.39 Å². The summed E-state index contributed by atoms with van der Waals surface area (Å²) in [6, 6.07) is 4.79. The zero-order valence-corrected chi connectivity index (χ0v) is 13.5. The number of likely N-dealkylation sites (tertiary alicyclic amines) is 1. The van der Waals surface area contributed by atoms with Crippen LogP contribution in [0, 0.1) is 11.7 Å². The molecule has 2 heterocycles. The Bertz CT molecular complexity index is 774. The number of halogens is 1. The second-order valence-corrected chi connectivity index (χ2v) is 6.65. The van der Waals surface area contributed by atoms with Crippen LogP contribution in [0.4, 0.5) is 4.39 Å².